The molecule has 0 aromatic heterocycles. The summed E-state index contributed by atoms with van der Waals surface area (Å²) in [7, 11) is 0. The molecule has 4 N–H and O–H groups in total. The van der Waals surface area contributed by atoms with E-state index in [0.717, 1.165) is 0 Å². The van der Waals surface area contributed by atoms with Gasteiger partial charge in [-0.2, -0.15) is 0 Å². The highest BCUT2D eigenvalue weighted by Crippen LogP contribution is 2.57. The Labute approximate surface area is 178 Å². The van der Waals surface area contributed by atoms with E-state index < -0.39 is 29.4 Å². The van der Waals surface area contributed by atoms with Gasteiger partial charge in [0, 0.05) is 34.3 Å². The fourth-order valence-corrected chi connectivity index (χ4v) is 5.51. The predicted molar refractivity (Wildman–Crippen MR) is 112 cm³/mol. The van der Waals surface area contributed by atoms with Crippen molar-refractivity contribution in [1.82, 2.24) is 4.90 Å². The van der Waals surface area contributed by atoms with E-state index in [1.807, 2.05) is 18.7 Å². The van der Waals surface area contributed by atoms with E-state index in [4.69, 9.17) is 28.9 Å². The molecule has 1 spiro atoms. The maximum Gasteiger partial charge on any atom is 0.250 e. The first-order valence-corrected chi connectivity index (χ1v) is 10.2. The molecule has 2 unspecified atom stereocenters. The third-order valence-corrected chi connectivity index (χ3v) is 6.62. The van der Waals surface area contributed by atoms with Crippen LogP contribution in [0.25, 0.3) is 0 Å². The number of hydrogen-bond acceptors (Lipinski definition) is 4. The Balaban J connectivity index is 2.06. The van der Waals surface area contributed by atoms with Crippen LogP contribution in [0.3, 0.4) is 0 Å². The Morgan fingerprint density at radius 2 is 2.03 bits per heavy atom. The minimum absolute atomic E-state index is 0.0388. The van der Waals surface area contributed by atoms with Crippen molar-refractivity contribution in [2.75, 3.05) is 11.9 Å². The number of anilines is 1. The summed E-state index contributed by atoms with van der Waals surface area (Å²) in [5, 5.41) is 13.5. The summed E-state index contributed by atoms with van der Waals surface area (Å²) in [5.74, 6) is -1.69. The molecule has 4 atom stereocenters. The molecule has 1 amide bonds. The van der Waals surface area contributed by atoms with E-state index in [0.29, 0.717) is 16.3 Å². The second kappa shape index (κ2) is 7.22. The van der Waals surface area contributed by atoms with E-state index in [1.54, 1.807) is 30.3 Å². The molecule has 0 radical (unpaired) electrons. The SMILES string of the molecule is CC(C)N1[C@H](CO)C(N)C(c2cccc(Cl)c2F)[C@@]12C(=O)Nc1cc(Cl)ccc12. The number of nitrogens with one attached hydrogen (secondary N) is 1. The number of benzene rings is 2. The van der Waals surface area contributed by atoms with Crippen LogP contribution in [-0.2, 0) is 10.3 Å². The summed E-state index contributed by atoms with van der Waals surface area (Å²) in [6.45, 7) is 3.58. The van der Waals surface area contributed by atoms with Crippen LogP contribution in [0.4, 0.5) is 10.1 Å². The molecule has 2 aromatic carbocycles. The second-order valence-corrected chi connectivity index (χ2v) is 8.70. The van der Waals surface area contributed by atoms with Gasteiger partial charge in [0.2, 0.25) is 5.91 Å². The molecule has 1 fully saturated rings. The first-order chi connectivity index (χ1) is 13.7. The zero-order chi connectivity index (χ0) is 21.1. The Bertz CT molecular complexity index is 986. The third-order valence-electron chi connectivity index (χ3n) is 6.09. The third kappa shape index (κ3) is 2.74. The quantitative estimate of drug-likeness (QED) is 0.686. The van der Waals surface area contributed by atoms with Crippen molar-refractivity contribution >= 4 is 34.8 Å². The molecule has 29 heavy (non-hydrogen) atoms. The average molecular weight is 438 g/mol. The Kier molecular flexibility index (Phi) is 5.12. The summed E-state index contributed by atoms with van der Waals surface area (Å²) in [4.78, 5) is 15.5. The fraction of sp³-hybridized carbons (Fsp3) is 0.381. The van der Waals surface area contributed by atoms with Crippen molar-refractivity contribution in [3.63, 3.8) is 0 Å². The zero-order valence-corrected chi connectivity index (χ0v) is 17.5. The van der Waals surface area contributed by atoms with E-state index >= 15 is 4.39 Å². The van der Waals surface area contributed by atoms with E-state index in [2.05, 4.69) is 5.32 Å². The topological polar surface area (TPSA) is 78.6 Å². The highest BCUT2D eigenvalue weighted by Gasteiger charge is 2.66. The number of halogens is 3. The summed E-state index contributed by atoms with van der Waals surface area (Å²) in [6.07, 6.45) is 0. The summed E-state index contributed by atoms with van der Waals surface area (Å²) >= 11 is 12.2. The van der Waals surface area contributed by atoms with Crippen molar-refractivity contribution < 1.29 is 14.3 Å². The number of carbonyl (C=O) groups is 1. The molecule has 2 aliphatic rings. The van der Waals surface area contributed by atoms with Gasteiger partial charge in [-0.3, -0.25) is 9.69 Å². The number of nitrogens with zero attached hydrogens (tertiary/aromatic N) is 1. The molecule has 1 saturated heterocycles. The maximum absolute atomic E-state index is 15.2. The number of nitrogens with two attached hydrogens (primary N) is 1. The molecule has 154 valence electrons. The van der Waals surface area contributed by atoms with Gasteiger partial charge in [-0.15, -0.1) is 0 Å². The lowest BCUT2D eigenvalue weighted by atomic mass is 9.73. The van der Waals surface area contributed by atoms with Crippen LogP contribution in [0.2, 0.25) is 10.0 Å². The Hall–Kier alpha value is -1.70. The molecular weight excluding hydrogens is 416 g/mol. The first kappa shape index (κ1) is 20.6. The number of fused-ring (bicyclic) bond motifs is 2. The minimum Gasteiger partial charge on any atom is -0.395 e. The summed E-state index contributed by atoms with van der Waals surface area (Å²) in [5.41, 5.74) is 6.78. The van der Waals surface area contributed by atoms with Crippen molar-refractivity contribution in [3.8, 4) is 0 Å². The molecule has 0 aliphatic carbocycles. The molecule has 2 heterocycles. The number of aliphatic hydroxyl groups is 1. The van der Waals surface area contributed by atoms with Crippen molar-refractivity contribution in [1.29, 1.82) is 0 Å². The van der Waals surface area contributed by atoms with Crippen LogP contribution in [0, 0.1) is 5.82 Å². The predicted octanol–water partition coefficient (Wildman–Crippen LogP) is 3.48. The van der Waals surface area contributed by atoms with E-state index in [1.165, 1.54) is 6.07 Å². The van der Waals surface area contributed by atoms with Gasteiger partial charge in [-0.05, 0) is 37.6 Å². The van der Waals surface area contributed by atoms with Crippen LogP contribution < -0.4 is 11.1 Å². The lowest BCUT2D eigenvalue weighted by molar-refractivity contribution is -0.129. The molecule has 0 saturated carbocycles. The monoisotopic (exact) mass is 437 g/mol. The van der Waals surface area contributed by atoms with Gasteiger partial charge in [-0.1, -0.05) is 41.4 Å². The van der Waals surface area contributed by atoms with Crippen LogP contribution in [0.1, 0.15) is 30.9 Å². The largest absolute Gasteiger partial charge is 0.395 e. The highest BCUT2D eigenvalue weighted by atomic mass is 35.5. The number of hydrogen-bond donors (Lipinski definition) is 3. The number of likely N-dealkylation sites (tertiary alicyclic amines) is 1. The molecule has 2 aromatic rings. The van der Waals surface area contributed by atoms with Gasteiger partial charge in [0.05, 0.1) is 17.7 Å². The Morgan fingerprint density at radius 3 is 2.69 bits per heavy atom. The van der Waals surface area contributed by atoms with Crippen LogP contribution in [0.15, 0.2) is 36.4 Å². The number of carbonyl (C=O) groups excluding carboxylic acids is 1. The summed E-state index contributed by atoms with van der Waals surface area (Å²) in [6, 6.07) is 8.43. The zero-order valence-electron chi connectivity index (χ0n) is 16.0. The van der Waals surface area contributed by atoms with Crippen LogP contribution >= 0.6 is 23.2 Å². The van der Waals surface area contributed by atoms with Gasteiger partial charge < -0.3 is 16.2 Å². The average Bonchev–Trinajstić information content (AvgIpc) is 3.09. The van der Waals surface area contributed by atoms with Gasteiger partial charge in [0.25, 0.3) is 0 Å². The Morgan fingerprint density at radius 1 is 1.31 bits per heavy atom. The number of rotatable bonds is 3. The lowest BCUT2D eigenvalue weighted by Crippen LogP contribution is -2.55. The second-order valence-electron chi connectivity index (χ2n) is 7.86. The van der Waals surface area contributed by atoms with Crippen molar-refractivity contribution in [2.45, 2.75) is 43.4 Å². The summed E-state index contributed by atoms with van der Waals surface area (Å²) < 4.78 is 15.2. The molecule has 4 rings (SSSR count). The highest BCUT2D eigenvalue weighted by molar-refractivity contribution is 6.31. The first-order valence-electron chi connectivity index (χ1n) is 9.45. The fourth-order valence-electron chi connectivity index (χ4n) is 5.16. The maximum atomic E-state index is 15.2. The van der Waals surface area contributed by atoms with Crippen molar-refractivity contribution in [2.24, 2.45) is 5.73 Å². The normalized spacial score (nSPS) is 29.0. The molecular formula is C21H22Cl2FN3O2. The van der Waals surface area contributed by atoms with E-state index in [-0.39, 0.29) is 29.1 Å². The molecule has 5 nitrogen and oxygen atoms in total. The smallest absolute Gasteiger partial charge is 0.250 e. The number of amides is 1. The van der Waals surface area contributed by atoms with Crippen molar-refractivity contribution in [3.05, 3.63) is 63.4 Å². The van der Waals surface area contributed by atoms with Gasteiger partial charge in [0.1, 0.15) is 11.4 Å². The number of aliphatic hydroxyl groups excluding tert-OH is 1. The van der Waals surface area contributed by atoms with Gasteiger partial charge in [0.15, 0.2) is 0 Å². The standard InChI is InChI=1S/C21H22Cl2FN3O2/c1-10(2)27-16(9-28)19(25)17(12-4-3-5-14(23)18(12)24)21(27)13-7-6-11(22)8-15(13)26-20(21)29/h3-8,10,16-17,19,28H,9,25H2,1-2H3,(H,26,29)/t16-,17?,19?,21+/m1/s1. The van der Waals surface area contributed by atoms with Gasteiger partial charge >= 0.3 is 0 Å². The van der Waals surface area contributed by atoms with Crippen LogP contribution in [-0.4, -0.2) is 40.6 Å². The molecule has 0 bridgehead atoms. The molecule has 2 aliphatic heterocycles. The minimum atomic E-state index is -1.30. The van der Waals surface area contributed by atoms with Gasteiger partial charge in [-0.25, -0.2) is 4.39 Å². The molecule has 8 heteroatoms. The van der Waals surface area contributed by atoms with E-state index in [9.17, 15) is 9.90 Å². The van der Waals surface area contributed by atoms with Crippen LogP contribution in [0.5, 0.6) is 0 Å². The lowest BCUT2D eigenvalue weighted by Gasteiger charge is -2.41.